The van der Waals surface area contributed by atoms with Gasteiger partial charge >= 0.3 is 0 Å². The SMILES string of the molecule is COc1cc(C(=O)N(Cc2ccccc2)c2nc3c(OC)ccc(OC)c3s2)c([N+](=O)[O-])cc1OC. The molecule has 4 aromatic rings. The molecule has 0 radical (unpaired) electrons. The molecule has 10 nitrogen and oxygen atoms in total. The normalized spacial score (nSPS) is 10.7. The maximum absolute atomic E-state index is 14.0. The van der Waals surface area contributed by atoms with Gasteiger partial charge in [0.05, 0.1) is 46.0 Å². The van der Waals surface area contributed by atoms with Gasteiger partial charge in [-0.25, -0.2) is 4.98 Å². The number of anilines is 1. The number of nitro groups is 1. The number of rotatable bonds is 9. The number of methoxy groups -OCH3 is 4. The fraction of sp³-hybridized carbons (Fsp3) is 0.200. The van der Waals surface area contributed by atoms with E-state index in [1.54, 1.807) is 19.2 Å². The molecule has 0 aliphatic heterocycles. The Kier molecular flexibility index (Phi) is 7.20. The fourth-order valence-electron chi connectivity index (χ4n) is 3.72. The Labute approximate surface area is 210 Å². The minimum atomic E-state index is -0.625. The van der Waals surface area contributed by atoms with Crippen molar-refractivity contribution in [2.24, 2.45) is 0 Å². The van der Waals surface area contributed by atoms with Crippen LogP contribution in [0.2, 0.25) is 0 Å². The Hall–Kier alpha value is -4.38. The van der Waals surface area contributed by atoms with Crippen LogP contribution in [-0.2, 0) is 6.54 Å². The Morgan fingerprint density at radius 2 is 1.53 bits per heavy atom. The van der Waals surface area contributed by atoms with Crippen molar-refractivity contribution in [1.82, 2.24) is 4.98 Å². The second kappa shape index (κ2) is 10.5. The third-order valence-electron chi connectivity index (χ3n) is 5.49. The minimum Gasteiger partial charge on any atom is -0.495 e. The number of ether oxygens (including phenoxy) is 4. The molecule has 36 heavy (non-hydrogen) atoms. The number of hydrogen-bond acceptors (Lipinski definition) is 9. The van der Waals surface area contributed by atoms with Gasteiger partial charge in [0.15, 0.2) is 16.6 Å². The van der Waals surface area contributed by atoms with Gasteiger partial charge in [0, 0.05) is 6.07 Å². The largest absolute Gasteiger partial charge is 0.495 e. The van der Waals surface area contributed by atoms with Crippen LogP contribution in [-0.4, -0.2) is 44.3 Å². The molecule has 0 bridgehead atoms. The first-order valence-electron chi connectivity index (χ1n) is 10.7. The zero-order chi connectivity index (χ0) is 25.8. The summed E-state index contributed by atoms with van der Waals surface area (Å²) in [4.78, 5) is 31.3. The zero-order valence-corrected chi connectivity index (χ0v) is 20.8. The number of nitrogens with zero attached hydrogens (tertiary/aromatic N) is 3. The van der Waals surface area contributed by atoms with Crippen LogP contribution < -0.4 is 23.8 Å². The molecular formula is C25H23N3O7S. The van der Waals surface area contributed by atoms with Gasteiger partial charge in [-0.1, -0.05) is 41.7 Å². The van der Waals surface area contributed by atoms with Crippen LogP contribution in [0.1, 0.15) is 15.9 Å². The average molecular weight is 510 g/mol. The van der Waals surface area contributed by atoms with Crippen LogP contribution in [0.3, 0.4) is 0 Å². The topological polar surface area (TPSA) is 113 Å². The van der Waals surface area contributed by atoms with Crippen molar-refractivity contribution >= 4 is 38.3 Å². The molecule has 0 aliphatic rings. The Bertz CT molecular complexity index is 1380. The summed E-state index contributed by atoms with van der Waals surface area (Å²) in [5.41, 5.74) is 0.760. The maximum Gasteiger partial charge on any atom is 0.286 e. The lowest BCUT2D eigenvalue weighted by molar-refractivity contribution is -0.385. The first-order valence-corrected chi connectivity index (χ1v) is 11.5. The van der Waals surface area contributed by atoms with E-state index in [1.165, 1.54) is 49.7 Å². The van der Waals surface area contributed by atoms with E-state index in [0.717, 1.165) is 5.56 Å². The quantitative estimate of drug-likeness (QED) is 0.227. The molecular weight excluding hydrogens is 486 g/mol. The van der Waals surface area contributed by atoms with Crippen LogP contribution in [0.15, 0.2) is 54.6 Å². The summed E-state index contributed by atoms with van der Waals surface area (Å²) in [5, 5.41) is 12.2. The lowest BCUT2D eigenvalue weighted by Gasteiger charge is -2.21. The number of aromatic nitrogens is 1. The summed E-state index contributed by atoms with van der Waals surface area (Å²) >= 11 is 1.22. The number of carbonyl (C=O) groups is 1. The highest BCUT2D eigenvalue weighted by molar-refractivity contribution is 7.22. The van der Waals surface area contributed by atoms with Crippen molar-refractivity contribution in [1.29, 1.82) is 0 Å². The first kappa shape index (κ1) is 24.7. The van der Waals surface area contributed by atoms with Crippen LogP contribution in [0.5, 0.6) is 23.0 Å². The molecule has 1 aromatic heterocycles. The van der Waals surface area contributed by atoms with Crippen LogP contribution in [0.25, 0.3) is 10.2 Å². The monoisotopic (exact) mass is 509 g/mol. The van der Waals surface area contributed by atoms with Crippen molar-refractivity contribution in [3.05, 3.63) is 75.8 Å². The molecule has 3 aromatic carbocycles. The number of benzene rings is 3. The molecule has 0 N–H and O–H groups in total. The van der Waals surface area contributed by atoms with E-state index in [9.17, 15) is 14.9 Å². The minimum absolute atomic E-state index is 0.121. The van der Waals surface area contributed by atoms with Crippen molar-refractivity contribution in [3.8, 4) is 23.0 Å². The molecule has 1 heterocycles. The number of amides is 1. The van der Waals surface area contributed by atoms with Crippen LogP contribution in [0, 0.1) is 10.1 Å². The number of nitro benzene ring substituents is 1. The molecule has 186 valence electrons. The molecule has 0 aliphatic carbocycles. The highest BCUT2D eigenvalue weighted by atomic mass is 32.1. The van der Waals surface area contributed by atoms with Gasteiger partial charge in [0.25, 0.3) is 11.6 Å². The third-order valence-corrected chi connectivity index (χ3v) is 6.58. The average Bonchev–Trinajstić information content (AvgIpc) is 3.35. The van der Waals surface area contributed by atoms with E-state index in [1.807, 2.05) is 30.3 Å². The van der Waals surface area contributed by atoms with Gasteiger partial charge in [-0.05, 0) is 17.7 Å². The molecule has 0 atom stereocenters. The molecule has 4 rings (SSSR count). The van der Waals surface area contributed by atoms with E-state index >= 15 is 0 Å². The van der Waals surface area contributed by atoms with Crippen molar-refractivity contribution in [3.63, 3.8) is 0 Å². The Morgan fingerprint density at radius 3 is 2.14 bits per heavy atom. The molecule has 0 spiro atoms. The van der Waals surface area contributed by atoms with E-state index in [4.69, 9.17) is 18.9 Å². The van der Waals surface area contributed by atoms with Gasteiger partial charge in [-0.15, -0.1) is 0 Å². The van der Waals surface area contributed by atoms with E-state index in [0.29, 0.717) is 26.8 Å². The van der Waals surface area contributed by atoms with Gasteiger partial charge in [-0.2, -0.15) is 0 Å². The Balaban J connectivity index is 1.91. The van der Waals surface area contributed by atoms with Crippen molar-refractivity contribution < 1.29 is 28.7 Å². The molecule has 0 saturated heterocycles. The van der Waals surface area contributed by atoms with E-state index in [-0.39, 0.29) is 23.6 Å². The Morgan fingerprint density at radius 1 is 0.917 bits per heavy atom. The van der Waals surface area contributed by atoms with Gasteiger partial charge < -0.3 is 18.9 Å². The molecule has 0 unspecified atom stereocenters. The predicted molar refractivity (Wildman–Crippen MR) is 136 cm³/mol. The van der Waals surface area contributed by atoms with Crippen LogP contribution in [0.4, 0.5) is 10.8 Å². The standard InChI is InChI=1S/C25H23N3O7S/c1-32-18-10-11-19(33-2)23-22(18)26-25(36-23)27(14-15-8-6-5-7-9-15)24(29)16-12-20(34-3)21(35-4)13-17(16)28(30)31/h5-13H,14H2,1-4H3. The summed E-state index contributed by atoms with van der Waals surface area (Å²) < 4.78 is 22.1. The lowest BCUT2D eigenvalue weighted by Crippen LogP contribution is -2.31. The highest BCUT2D eigenvalue weighted by Gasteiger charge is 2.31. The second-order valence-electron chi connectivity index (χ2n) is 7.50. The number of fused-ring (bicyclic) bond motifs is 1. The summed E-state index contributed by atoms with van der Waals surface area (Å²) in [6, 6.07) is 15.3. The zero-order valence-electron chi connectivity index (χ0n) is 20.0. The number of hydrogen-bond donors (Lipinski definition) is 0. The predicted octanol–water partition coefficient (Wildman–Crippen LogP) is 5.09. The summed E-state index contributed by atoms with van der Waals surface area (Å²) in [7, 11) is 5.83. The lowest BCUT2D eigenvalue weighted by atomic mass is 10.1. The smallest absolute Gasteiger partial charge is 0.286 e. The van der Waals surface area contributed by atoms with Gasteiger partial charge in [0.2, 0.25) is 0 Å². The van der Waals surface area contributed by atoms with E-state index < -0.39 is 16.5 Å². The summed E-state index contributed by atoms with van der Waals surface area (Å²) in [6.45, 7) is 0.121. The van der Waals surface area contributed by atoms with Gasteiger partial charge in [-0.3, -0.25) is 19.8 Å². The molecule has 0 saturated carbocycles. The number of thiazole rings is 1. The van der Waals surface area contributed by atoms with Gasteiger partial charge in [0.1, 0.15) is 27.3 Å². The summed E-state index contributed by atoms with van der Waals surface area (Å²) in [5.74, 6) is 0.795. The van der Waals surface area contributed by atoms with Crippen LogP contribution >= 0.6 is 11.3 Å². The first-order chi connectivity index (χ1) is 17.4. The number of carbonyl (C=O) groups excluding carboxylic acids is 1. The highest BCUT2D eigenvalue weighted by Crippen LogP contribution is 2.42. The maximum atomic E-state index is 14.0. The molecule has 1 amide bonds. The second-order valence-corrected chi connectivity index (χ2v) is 8.48. The van der Waals surface area contributed by atoms with E-state index in [2.05, 4.69) is 4.98 Å². The third kappa shape index (κ3) is 4.60. The summed E-state index contributed by atoms with van der Waals surface area (Å²) in [6.07, 6.45) is 0. The fourth-order valence-corrected chi connectivity index (χ4v) is 4.79. The molecule has 0 fully saturated rings. The molecule has 11 heteroatoms. The van der Waals surface area contributed by atoms with Crippen molar-refractivity contribution in [2.45, 2.75) is 6.54 Å². The van der Waals surface area contributed by atoms with Crippen molar-refractivity contribution in [2.75, 3.05) is 33.3 Å².